The van der Waals surface area contributed by atoms with E-state index >= 15 is 0 Å². The predicted octanol–water partition coefficient (Wildman–Crippen LogP) is 3.39. The molecule has 2 heteroatoms. The van der Waals surface area contributed by atoms with Gasteiger partial charge >= 0.3 is 0 Å². The van der Waals surface area contributed by atoms with Crippen LogP contribution < -0.4 is 10.1 Å². The third-order valence-corrected chi connectivity index (χ3v) is 3.39. The maximum absolute atomic E-state index is 5.25. The first-order chi connectivity index (χ1) is 8.04. The Kier molecular flexibility index (Phi) is 5.49. The minimum atomic E-state index is 0.717. The van der Waals surface area contributed by atoms with E-state index in [1.807, 2.05) is 6.07 Å². The first kappa shape index (κ1) is 14.0. The highest BCUT2D eigenvalue weighted by atomic mass is 16.5. The first-order valence-electron chi connectivity index (χ1n) is 6.38. The Hall–Kier alpha value is -1.02. The van der Waals surface area contributed by atoms with E-state index < -0.39 is 0 Å². The van der Waals surface area contributed by atoms with E-state index in [1.54, 1.807) is 7.11 Å². The lowest BCUT2D eigenvalue weighted by atomic mass is 9.98. The van der Waals surface area contributed by atoms with Crippen molar-refractivity contribution in [1.29, 1.82) is 0 Å². The van der Waals surface area contributed by atoms with Crippen molar-refractivity contribution in [2.24, 2.45) is 11.8 Å². The van der Waals surface area contributed by atoms with Gasteiger partial charge in [-0.3, -0.25) is 0 Å². The fourth-order valence-corrected chi connectivity index (χ4v) is 1.73. The number of rotatable bonds is 6. The van der Waals surface area contributed by atoms with Crippen molar-refractivity contribution in [3.63, 3.8) is 0 Å². The van der Waals surface area contributed by atoms with E-state index in [-0.39, 0.29) is 0 Å². The van der Waals surface area contributed by atoms with E-state index in [2.05, 4.69) is 45.1 Å². The van der Waals surface area contributed by atoms with Crippen LogP contribution in [0.2, 0.25) is 0 Å². The van der Waals surface area contributed by atoms with Gasteiger partial charge in [-0.1, -0.05) is 32.9 Å². The van der Waals surface area contributed by atoms with Gasteiger partial charge in [0.2, 0.25) is 0 Å². The predicted molar refractivity (Wildman–Crippen MR) is 73.4 cm³/mol. The van der Waals surface area contributed by atoms with Crippen LogP contribution in [-0.4, -0.2) is 13.7 Å². The van der Waals surface area contributed by atoms with E-state index in [0.717, 1.165) is 24.8 Å². The molecule has 2 nitrogen and oxygen atoms in total. The molecule has 1 atom stereocenters. The van der Waals surface area contributed by atoms with Gasteiger partial charge in [-0.25, -0.2) is 0 Å². The number of nitrogens with one attached hydrogen (secondary N) is 1. The van der Waals surface area contributed by atoms with Crippen LogP contribution in [-0.2, 0) is 6.54 Å². The summed E-state index contributed by atoms with van der Waals surface area (Å²) in [5.41, 5.74) is 2.52. The molecule has 0 spiro atoms. The summed E-state index contributed by atoms with van der Waals surface area (Å²) < 4.78 is 5.25. The van der Waals surface area contributed by atoms with Gasteiger partial charge in [0, 0.05) is 6.54 Å². The number of methoxy groups -OCH3 is 1. The lowest BCUT2D eigenvalue weighted by Gasteiger charge is -2.16. The summed E-state index contributed by atoms with van der Waals surface area (Å²) >= 11 is 0. The average molecular weight is 235 g/mol. The summed E-state index contributed by atoms with van der Waals surface area (Å²) in [6.07, 6.45) is 0. The molecule has 0 saturated heterocycles. The lowest BCUT2D eigenvalue weighted by molar-refractivity contribution is 0.392. The first-order valence-corrected chi connectivity index (χ1v) is 6.38. The Bertz CT molecular complexity index is 347. The fraction of sp³-hybridized carbons (Fsp3) is 0.600. The van der Waals surface area contributed by atoms with Crippen LogP contribution in [0.5, 0.6) is 5.75 Å². The molecule has 0 aliphatic heterocycles. The van der Waals surface area contributed by atoms with Gasteiger partial charge in [0.05, 0.1) is 7.11 Å². The molecule has 96 valence electrons. The quantitative estimate of drug-likeness (QED) is 0.816. The van der Waals surface area contributed by atoms with Crippen molar-refractivity contribution in [2.45, 2.75) is 34.2 Å². The highest BCUT2D eigenvalue weighted by Crippen LogP contribution is 2.18. The van der Waals surface area contributed by atoms with Gasteiger partial charge in [0.1, 0.15) is 5.75 Å². The molecule has 1 rings (SSSR count). The molecule has 0 amide bonds. The molecule has 0 radical (unpaired) electrons. The fourth-order valence-electron chi connectivity index (χ4n) is 1.73. The Labute approximate surface area is 105 Å². The van der Waals surface area contributed by atoms with Crippen LogP contribution >= 0.6 is 0 Å². The Balaban J connectivity index is 2.45. The van der Waals surface area contributed by atoms with Gasteiger partial charge in [0.25, 0.3) is 0 Å². The molecule has 1 aromatic carbocycles. The molecule has 17 heavy (non-hydrogen) atoms. The molecule has 1 aromatic rings. The molecule has 0 aliphatic carbocycles. The Morgan fingerprint density at radius 2 is 1.94 bits per heavy atom. The van der Waals surface area contributed by atoms with Crippen molar-refractivity contribution in [3.8, 4) is 5.75 Å². The second-order valence-electron chi connectivity index (χ2n) is 5.16. The zero-order valence-electron chi connectivity index (χ0n) is 11.7. The summed E-state index contributed by atoms with van der Waals surface area (Å²) in [4.78, 5) is 0. The van der Waals surface area contributed by atoms with Gasteiger partial charge in [-0.2, -0.15) is 0 Å². The van der Waals surface area contributed by atoms with E-state index in [9.17, 15) is 0 Å². The normalized spacial score (nSPS) is 12.8. The van der Waals surface area contributed by atoms with Crippen LogP contribution in [0.3, 0.4) is 0 Å². The SMILES string of the molecule is COc1ccc(CNCC(C)C(C)C)cc1C. The van der Waals surface area contributed by atoms with Crippen LogP contribution in [0.4, 0.5) is 0 Å². The topological polar surface area (TPSA) is 21.3 Å². The monoisotopic (exact) mass is 235 g/mol. The number of ether oxygens (including phenoxy) is 1. The second kappa shape index (κ2) is 6.65. The molecular weight excluding hydrogens is 210 g/mol. The summed E-state index contributed by atoms with van der Waals surface area (Å²) in [6.45, 7) is 10.9. The number of benzene rings is 1. The lowest BCUT2D eigenvalue weighted by Crippen LogP contribution is -2.23. The van der Waals surface area contributed by atoms with Gasteiger partial charge in [-0.15, -0.1) is 0 Å². The van der Waals surface area contributed by atoms with Crippen LogP contribution in [0, 0.1) is 18.8 Å². The summed E-state index contributed by atoms with van der Waals surface area (Å²) in [7, 11) is 1.71. The minimum Gasteiger partial charge on any atom is -0.496 e. The van der Waals surface area contributed by atoms with Crippen molar-refractivity contribution >= 4 is 0 Å². The minimum absolute atomic E-state index is 0.717. The zero-order chi connectivity index (χ0) is 12.8. The van der Waals surface area contributed by atoms with Crippen LogP contribution in [0.1, 0.15) is 31.9 Å². The molecule has 1 unspecified atom stereocenters. The molecular formula is C15H25NO. The number of hydrogen-bond acceptors (Lipinski definition) is 2. The van der Waals surface area contributed by atoms with Crippen molar-refractivity contribution in [1.82, 2.24) is 5.32 Å². The molecule has 0 aliphatic rings. The highest BCUT2D eigenvalue weighted by Gasteiger charge is 2.06. The number of hydrogen-bond donors (Lipinski definition) is 1. The van der Waals surface area contributed by atoms with Crippen LogP contribution in [0.25, 0.3) is 0 Å². The van der Waals surface area contributed by atoms with E-state index in [4.69, 9.17) is 4.74 Å². The van der Waals surface area contributed by atoms with Gasteiger partial charge in [-0.05, 0) is 42.5 Å². The third-order valence-electron chi connectivity index (χ3n) is 3.39. The molecule has 0 bridgehead atoms. The highest BCUT2D eigenvalue weighted by molar-refractivity contribution is 5.36. The van der Waals surface area contributed by atoms with Crippen molar-refractivity contribution in [2.75, 3.05) is 13.7 Å². The molecule has 0 aromatic heterocycles. The van der Waals surface area contributed by atoms with Crippen molar-refractivity contribution < 1.29 is 4.74 Å². The molecule has 0 fully saturated rings. The maximum atomic E-state index is 5.25. The summed E-state index contributed by atoms with van der Waals surface area (Å²) in [5, 5.41) is 3.51. The second-order valence-corrected chi connectivity index (χ2v) is 5.16. The van der Waals surface area contributed by atoms with Gasteiger partial charge in [0.15, 0.2) is 0 Å². The Morgan fingerprint density at radius 1 is 1.24 bits per heavy atom. The summed E-state index contributed by atoms with van der Waals surface area (Å²) in [5.74, 6) is 2.42. The maximum Gasteiger partial charge on any atom is 0.121 e. The molecule has 1 N–H and O–H groups in total. The van der Waals surface area contributed by atoms with E-state index in [0.29, 0.717) is 5.92 Å². The van der Waals surface area contributed by atoms with E-state index in [1.165, 1.54) is 11.1 Å². The third kappa shape index (κ3) is 4.39. The summed E-state index contributed by atoms with van der Waals surface area (Å²) in [6, 6.07) is 6.35. The standard InChI is InChI=1S/C15H25NO/c1-11(2)13(4)9-16-10-14-6-7-15(17-5)12(3)8-14/h6-8,11,13,16H,9-10H2,1-5H3. The largest absolute Gasteiger partial charge is 0.496 e. The van der Waals surface area contributed by atoms with Gasteiger partial charge < -0.3 is 10.1 Å². The smallest absolute Gasteiger partial charge is 0.121 e. The number of aryl methyl sites for hydroxylation is 1. The Morgan fingerprint density at radius 3 is 2.47 bits per heavy atom. The molecule has 0 heterocycles. The zero-order valence-corrected chi connectivity index (χ0v) is 11.7. The van der Waals surface area contributed by atoms with Crippen molar-refractivity contribution in [3.05, 3.63) is 29.3 Å². The average Bonchev–Trinajstić information content (AvgIpc) is 2.29. The van der Waals surface area contributed by atoms with Crippen LogP contribution in [0.15, 0.2) is 18.2 Å². The molecule has 0 saturated carbocycles.